The van der Waals surface area contributed by atoms with Gasteiger partial charge in [0.2, 0.25) is 0 Å². The Labute approximate surface area is 150 Å². The molecule has 0 saturated carbocycles. The first-order valence-corrected chi connectivity index (χ1v) is 8.08. The second kappa shape index (κ2) is 9.52. The zero-order chi connectivity index (χ0) is 14.7. The Morgan fingerprint density at radius 2 is 1.91 bits per heavy atom. The molecule has 1 aromatic heterocycles. The van der Waals surface area contributed by atoms with Gasteiger partial charge in [0.05, 0.1) is 12.1 Å². The fraction of sp³-hybridized carbons (Fsp3) is 0.688. The van der Waals surface area contributed by atoms with Gasteiger partial charge in [-0.15, -0.1) is 24.8 Å². The highest BCUT2D eigenvalue weighted by molar-refractivity contribution is 5.94. The third-order valence-corrected chi connectivity index (χ3v) is 4.66. The van der Waals surface area contributed by atoms with Crippen molar-refractivity contribution in [1.82, 2.24) is 9.80 Å². The molecule has 7 heteroatoms. The minimum atomic E-state index is 0. The first-order chi connectivity index (χ1) is 10.3. The molecule has 1 atom stereocenters. The Balaban J connectivity index is 0.00000132. The van der Waals surface area contributed by atoms with Crippen LogP contribution < -0.4 is 5.73 Å². The van der Waals surface area contributed by atoms with E-state index in [1.54, 1.807) is 12.3 Å². The van der Waals surface area contributed by atoms with Crippen molar-refractivity contribution in [3.8, 4) is 0 Å². The summed E-state index contributed by atoms with van der Waals surface area (Å²) in [5.74, 6) is 0.767. The first-order valence-electron chi connectivity index (χ1n) is 8.08. The van der Waals surface area contributed by atoms with Crippen LogP contribution in [0.1, 0.15) is 48.2 Å². The summed E-state index contributed by atoms with van der Waals surface area (Å²) in [6.45, 7) is 4.58. The molecule has 5 nitrogen and oxygen atoms in total. The van der Waals surface area contributed by atoms with Crippen LogP contribution in [0.4, 0.5) is 0 Å². The van der Waals surface area contributed by atoms with Gasteiger partial charge in [-0.3, -0.25) is 4.79 Å². The molecule has 1 unspecified atom stereocenters. The van der Waals surface area contributed by atoms with Crippen molar-refractivity contribution < 1.29 is 9.21 Å². The lowest BCUT2D eigenvalue weighted by Crippen LogP contribution is -2.44. The SMILES string of the molecule is Cl.Cl.NCc1cc(C(=O)N2CCCC2CN2CCCCC2)co1. The summed E-state index contributed by atoms with van der Waals surface area (Å²) in [4.78, 5) is 17.2. The van der Waals surface area contributed by atoms with Gasteiger partial charge in [-0.05, 0) is 44.8 Å². The fourth-order valence-corrected chi connectivity index (χ4v) is 3.50. The van der Waals surface area contributed by atoms with Gasteiger partial charge in [-0.25, -0.2) is 0 Å². The van der Waals surface area contributed by atoms with E-state index in [9.17, 15) is 4.79 Å². The normalized spacial score (nSPS) is 21.6. The van der Waals surface area contributed by atoms with Crippen molar-refractivity contribution in [2.24, 2.45) is 5.73 Å². The zero-order valence-corrected chi connectivity index (χ0v) is 15.0. The summed E-state index contributed by atoms with van der Waals surface area (Å²) in [6, 6.07) is 2.13. The number of halogens is 2. The van der Waals surface area contributed by atoms with E-state index < -0.39 is 0 Å². The van der Waals surface area contributed by atoms with Gasteiger partial charge >= 0.3 is 0 Å². The number of furan rings is 1. The van der Waals surface area contributed by atoms with Crippen LogP contribution in [0.15, 0.2) is 16.7 Å². The van der Waals surface area contributed by atoms with Gasteiger partial charge in [0, 0.05) is 19.1 Å². The summed E-state index contributed by atoms with van der Waals surface area (Å²) < 4.78 is 5.30. The topological polar surface area (TPSA) is 62.7 Å². The predicted molar refractivity (Wildman–Crippen MR) is 95.4 cm³/mol. The summed E-state index contributed by atoms with van der Waals surface area (Å²) in [5, 5.41) is 0. The van der Waals surface area contributed by atoms with Crippen molar-refractivity contribution in [3.63, 3.8) is 0 Å². The van der Waals surface area contributed by atoms with Gasteiger partial charge < -0.3 is 20.0 Å². The van der Waals surface area contributed by atoms with Crippen molar-refractivity contribution in [3.05, 3.63) is 23.7 Å². The zero-order valence-electron chi connectivity index (χ0n) is 13.4. The quantitative estimate of drug-likeness (QED) is 0.892. The Kier molecular flexibility index (Phi) is 8.40. The standard InChI is InChI=1S/C16H25N3O2.2ClH/c17-10-15-9-13(12-21-15)16(20)19-8-4-5-14(19)11-18-6-2-1-3-7-18;;/h9,12,14H,1-8,10-11,17H2;2*1H. The summed E-state index contributed by atoms with van der Waals surface area (Å²) in [7, 11) is 0. The highest BCUT2D eigenvalue weighted by Gasteiger charge is 2.31. The molecule has 0 aliphatic carbocycles. The van der Waals surface area contributed by atoms with Crippen LogP contribution in [-0.2, 0) is 6.54 Å². The minimum absolute atomic E-state index is 0. The highest BCUT2D eigenvalue weighted by Crippen LogP contribution is 2.23. The van der Waals surface area contributed by atoms with Crippen molar-refractivity contribution >= 4 is 30.7 Å². The maximum atomic E-state index is 12.6. The Hall–Kier alpha value is -0.750. The van der Waals surface area contributed by atoms with Gasteiger partial charge in [0.25, 0.3) is 5.91 Å². The van der Waals surface area contributed by atoms with E-state index in [1.807, 2.05) is 4.90 Å². The van der Waals surface area contributed by atoms with Crippen LogP contribution in [0, 0.1) is 0 Å². The largest absolute Gasteiger partial charge is 0.467 e. The van der Waals surface area contributed by atoms with Crippen molar-refractivity contribution in [1.29, 1.82) is 0 Å². The van der Waals surface area contributed by atoms with E-state index in [1.165, 1.54) is 32.4 Å². The van der Waals surface area contributed by atoms with Crippen LogP contribution >= 0.6 is 24.8 Å². The van der Waals surface area contributed by atoms with Crippen molar-refractivity contribution in [2.75, 3.05) is 26.2 Å². The molecule has 2 aliphatic heterocycles. The number of amides is 1. The lowest BCUT2D eigenvalue weighted by molar-refractivity contribution is 0.0689. The molecule has 0 aromatic carbocycles. The molecular formula is C16H27Cl2N3O2. The highest BCUT2D eigenvalue weighted by atomic mass is 35.5. The number of nitrogens with two attached hydrogens (primary N) is 1. The third-order valence-electron chi connectivity index (χ3n) is 4.66. The Morgan fingerprint density at radius 3 is 2.57 bits per heavy atom. The smallest absolute Gasteiger partial charge is 0.257 e. The molecule has 132 valence electrons. The summed E-state index contributed by atoms with van der Waals surface area (Å²) in [6.07, 6.45) is 7.70. The number of hydrogen-bond donors (Lipinski definition) is 1. The van der Waals surface area contributed by atoms with Crippen LogP contribution in [-0.4, -0.2) is 47.9 Å². The van der Waals surface area contributed by atoms with Gasteiger partial charge in [0.15, 0.2) is 0 Å². The second-order valence-corrected chi connectivity index (χ2v) is 6.16. The molecule has 2 saturated heterocycles. The molecule has 1 aromatic rings. The van der Waals surface area contributed by atoms with Crippen LogP contribution in [0.3, 0.4) is 0 Å². The maximum Gasteiger partial charge on any atom is 0.257 e. The van der Waals surface area contributed by atoms with E-state index in [2.05, 4.69) is 4.90 Å². The second-order valence-electron chi connectivity index (χ2n) is 6.16. The lowest BCUT2D eigenvalue weighted by Gasteiger charge is -2.32. The fourth-order valence-electron chi connectivity index (χ4n) is 3.50. The molecule has 3 rings (SSSR count). The third kappa shape index (κ3) is 4.86. The molecule has 0 radical (unpaired) electrons. The molecule has 2 N–H and O–H groups in total. The van der Waals surface area contributed by atoms with Crippen molar-refractivity contribution in [2.45, 2.75) is 44.7 Å². The van der Waals surface area contributed by atoms with E-state index in [0.717, 1.165) is 25.9 Å². The Bertz CT molecular complexity index is 489. The number of rotatable bonds is 4. The molecule has 2 fully saturated rings. The molecule has 3 heterocycles. The number of carbonyl (C=O) groups excluding carboxylic acids is 1. The number of carbonyl (C=O) groups is 1. The lowest BCUT2D eigenvalue weighted by atomic mass is 10.1. The van der Waals surface area contributed by atoms with Crippen LogP contribution in [0.5, 0.6) is 0 Å². The predicted octanol–water partition coefficient (Wildman–Crippen LogP) is 2.67. The van der Waals surface area contributed by atoms with E-state index in [0.29, 0.717) is 23.9 Å². The van der Waals surface area contributed by atoms with Crippen LogP contribution in [0.2, 0.25) is 0 Å². The summed E-state index contributed by atoms with van der Waals surface area (Å²) in [5.41, 5.74) is 6.18. The molecule has 23 heavy (non-hydrogen) atoms. The van der Waals surface area contributed by atoms with Crippen LogP contribution in [0.25, 0.3) is 0 Å². The number of piperidine rings is 1. The molecule has 1 amide bonds. The number of likely N-dealkylation sites (tertiary alicyclic amines) is 2. The molecule has 0 spiro atoms. The average Bonchev–Trinajstić information content (AvgIpc) is 3.16. The number of hydrogen-bond acceptors (Lipinski definition) is 4. The molecular weight excluding hydrogens is 337 g/mol. The van der Waals surface area contributed by atoms with Gasteiger partial charge in [-0.1, -0.05) is 6.42 Å². The molecule has 0 bridgehead atoms. The monoisotopic (exact) mass is 363 g/mol. The maximum absolute atomic E-state index is 12.6. The van der Waals surface area contributed by atoms with Gasteiger partial charge in [0.1, 0.15) is 12.0 Å². The molecule has 2 aliphatic rings. The minimum Gasteiger partial charge on any atom is -0.467 e. The Morgan fingerprint density at radius 1 is 1.17 bits per heavy atom. The summed E-state index contributed by atoms with van der Waals surface area (Å²) >= 11 is 0. The average molecular weight is 364 g/mol. The first kappa shape index (κ1) is 20.3. The van der Waals surface area contributed by atoms with E-state index >= 15 is 0 Å². The number of nitrogens with zero attached hydrogens (tertiary/aromatic N) is 2. The van der Waals surface area contributed by atoms with E-state index in [-0.39, 0.29) is 30.7 Å². The van der Waals surface area contributed by atoms with E-state index in [4.69, 9.17) is 10.2 Å². The van der Waals surface area contributed by atoms with Gasteiger partial charge in [-0.2, -0.15) is 0 Å².